The third-order valence-electron chi connectivity index (χ3n) is 4.93. The molecule has 26 heavy (non-hydrogen) atoms. The number of fused-ring (bicyclic) bond motifs is 1. The van der Waals surface area contributed by atoms with Crippen molar-refractivity contribution in [1.82, 2.24) is 18.9 Å². The minimum Gasteiger partial charge on any atom is -0.491 e. The first-order valence-corrected chi connectivity index (χ1v) is 9.74. The molecule has 0 atom stereocenters. The maximum atomic E-state index is 11.5. The van der Waals surface area contributed by atoms with Gasteiger partial charge in [-0.25, -0.2) is 10.1 Å². The van der Waals surface area contributed by atoms with Crippen LogP contribution in [-0.2, 0) is 10.2 Å². The number of nitrogens with two attached hydrogens (primary N) is 1. The Morgan fingerprint density at radius 2 is 1.92 bits per heavy atom. The first-order chi connectivity index (χ1) is 12.3. The van der Waals surface area contributed by atoms with E-state index >= 15 is 0 Å². The van der Waals surface area contributed by atoms with Crippen molar-refractivity contribution in [3.63, 3.8) is 0 Å². The monoisotopic (exact) mass is 384 g/mol. The lowest BCUT2D eigenvalue weighted by Crippen LogP contribution is -2.47. The predicted octanol–water partition coefficient (Wildman–Crippen LogP) is 0.159. The fraction of sp³-hybridized carbons (Fsp3) is 0.600. The highest BCUT2D eigenvalue weighted by atomic mass is 32.2. The SMILES string of the molecule is COc1c(C)c2c(N3CCC(N(C)S(N)(=O)=O)CC3)ncnn2c1OC. The van der Waals surface area contributed by atoms with Gasteiger partial charge < -0.3 is 14.4 Å². The zero-order valence-corrected chi connectivity index (χ0v) is 16.2. The third-order valence-corrected chi connectivity index (χ3v) is 6.03. The van der Waals surface area contributed by atoms with E-state index in [1.165, 1.54) is 17.7 Å². The topological polar surface area (TPSA) is 115 Å². The minimum atomic E-state index is -3.68. The van der Waals surface area contributed by atoms with Crippen LogP contribution in [0.25, 0.3) is 5.52 Å². The maximum Gasteiger partial charge on any atom is 0.276 e. The fourth-order valence-electron chi connectivity index (χ4n) is 3.49. The molecule has 1 fully saturated rings. The molecule has 3 rings (SSSR count). The highest BCUT2D eigenvalue weighted by molar-refractivity contribution is 7.86. The highest BCUT2D eigenvalue weighted by Crippen LogP contribution is 2.39. The van der Waals surface area contributed by atoms with Crippen LogP contribution in [0.4, 0.5) is 5.82 Å². The van der Waals surface area contributed by atoms with Crippen molar-refractivity contribution in [2.45, 2.75) is 25.8 Å². The van der Waals surface area contributed by atoms with E-state index in [-0.39, 0.29) is 6.04 Å². The standard InChI is InChI=1S/C15H24N6O4S/c1-10-12-14(17-9-18-21(12)15(25-4)13(10)24-3)20-7-5-11(6-8-20)19(2)26(16,22)23/h9,11H,5-8H2,1-4H3,(H2,16,22,23). The van der Waals surface area contributed by atoms with Crippen LogP contribution >= 0.6 is 0 Å². The van der Waals surface area contributed by atoms with E-state index in [1.54, 1.807) is 18.7 Å². The molecule has 0 bridgehead atoms. The molecule has 2 aromatic rings. The van der Waals surface area contributed by atoms with Gasteiger partial charge in [0.25, 0.3) is 16.1 Å². The van der Waals surface area contributed by atoms with E-state index < -0.39 is 10.2 Å². The van der Waals surface area contributed by atoms with Crippen molar-refractivity contribution in [3.05, 3.63) is 11.9 Å². The Morgan fingerprint density at radius 3 is 2.46 bits per heavy atom. The number of aryl methyl sites for hydroxylation is 1. The maximum absolute atomic E-state index is 11.5. The molecule has 2 N–H and O–H groups in total. The Kier molecular flexibility index (Phi) is 4.95. The fourth-order valence-corrected chi connectivity index (χ4v) is 4.12. The lowest BCUT2D eigenvalue weighted by Gasteiger charge is -2.36. The lowest BCUT2D eigenvalue weighted by atomic mass is 10.1. The quantitative estimate of drug-likeness (QED) is 0.781. The van der Waals surface area contributed by atoms with Crippen LogP contribution < -0.4 is 19.5 Å². The van der Waals surface area contributed by atoms with E-state index in [0.29, 0.717) is 37.6 Å². The zero-order chi connectivity index (χ0) is 19.1. The molecule has 1 saturated heterocycles. The molecule has 3 heterocycles. The van der Waals surface area contributed by atoms with Crippen molar-refractivity contribution in [1.29, 1.82) is 0 Å². The molecule has 1 aliphatic rings. The molecular formula is C15H24N6O4S. The van der Waals surface area contributed by atoms with Gasteiger partial charge in [0.2, 0.25) is 0 Å². The van der Waals surface area contributed by atoms with Crippen LogP contribution in [0, 0.1) is 6.92 Å². The lowest BCUT2D eigenvalue weighted by molar-refractivity contribution is 0.312. The number of rotatable bonds is 5. The van der Waals surface area contributed by atoms with E-state index in [1.807, 2.05) is 6.92 Å². The molecule has 0 aromatic carbocycles. The molecule has 0 spiro atoms. The molecule has 0 amide bonds. The second-order valence-electron chi connectivity index (χ2n) is 6.29. The van der Waals surface area contributed by atoms with Crippen LogP contribution in [0.3, 0.4) is 0 Å². The number of ether oxygens (including phenoxy) is 2. The van der Waals surface area contributed by atoms with Crippen LogP contribution in [0.1, 0.15) is 18.4 Å². The van der Waals surface area contributed by atoms with Gasteiger partial charge >= 0.3 is 0 Å². The Bertz CT molecular complexity index is 904. The minimum absolute atomic E-state index is 0.115. The molecular weight excluding hydrogens is 360 g/mol. The van der Waals surface area contributed by atoms with Crippen LogP contribution in [0.2, 0.25) is 0 Å². The molecule has 0 unspecified atom stereocenters. The number of piperidine rings is 1. The van der Waals surface area contributed by atoms with Crippen molar-refractivity contribution >= 4 is 21.5 Å². The summed E-state index contributed by atoms with van der Waals surface area (Å²) in [5, 5.41) is 9.51. The Morgan fingerprint density at radius 1 is 1.27 bits per heavy atom. The number of methoxy groups -OCH3 is 2. The highest BCUT2D eigenvalue weighted by Gasteiger charge is 2.30. The molecule has 2 aromatic heterocycles. The summed E-state index contributed by atoms with van der Waals surface area (Å²) in [4.78, 5) is 6.58. The Balaban J connectivity index is 1.92. The molecule has 1 aliphatic heterocycles. The summed E-state index contributed by atoms with van der Waals surface area (Å²) in [5.41, 5.74) is 1.71. The van der Waals surface area contributed by atoms with Crippen molar-refractivity contribution in [3.8, 4) is 11.6 Å². The van der Waals surface area contributed by atoms with E-state index in [4.69, 9.17) is 14.6 Å². The Labute approximate surface area is 152 Å². The molecule has 0 saturated carbocycles. The summed E-state index contributed by atoms with van der Waals surface area (Å²) < 4.78 is 36.9. The van der Waals surface area contributed by atoms with Gasteiger partial charge in [-0.2, -0.15) is 22.3 Å². The summed E-state index contributed by atoms with van der Waals surface area (Å²) in [6.45, 7) is 3.25. The van der Waals surface area contributed by atoms with Gasteiger partial charge in [0.15, 0.2) is 11.6 Å². The first-order valence-electron chi connectivity index (χ1n) is 8.24. The van der Waals surface area contributed by atoms with E-state index in [9.17, 15) is 8.42 Å². The normalized spacial score (nSPS) is 16.5. The largest absolute Gasteiger partial charge is 0.491 e. The average molecular weight is 384 g/mol. The van der Waals surface area contributed by atoms with Crippen molar-refractivity contribution in [2.75, 3.05) is 39.3 Å². The zero-order valence-electron chi connectivity index (χ0n) is 15.3. The molecule has 11 heteroatoms. The van der Waals surface area contributed by atoms with Crippen LogP contribution in [-0.4, -0.2) is 67.7 Å². The molecule has 144 valence electrons. The van der Waals surface area contributed by atoms with Gasteiger partial charge in [0.05, 0.1) is 14.2 Å². The number of hydrogen-bond donors (Lipinski definition) is 1. The van der Waals surface area contributed by atoms with Gasteiger partial charge in [-0.05, 0) is 19.8 Å². The van der Waals surface area contributed by atoms with Gasteiger partial charge in [0.1, 0.15) is 11.8 Å². The number of aromatic nitrogens is 3. The number of nitrogens with zero attached hydrogens (tertiary/aromatic N) is 5. The number of hydrogen-bond acceptors (Lipinski definition) is 7. The summed E-state index contributed by atoms with van der Waals surface area (Å²) >= 11 is 0. The van der Waals surface area contributed by atoms with Crippen molar-refractivity contribution < 1.29 is 17.9 Å². The Hall–Kier alpha value is -2.11. The van der Waals surface area contributed by atoms with E-state index in [2.05, 4.69) is 15.0 Å². The molecule has 0 radical (unpaired) electrons. The van der Waals surface area contributed by atoms with Gasteiger partial charge in [-0.3, -0.25) is 0 Å². The second kappa shape index (κ2) is 6.89. The van der Waals surface area contributed by atoms with Gasteiger partial charge in [0, 0.05) is 31.7 Å². The van der Waals surface area contributed by atoms with Gasteiger partial charge in [-0.15, -0.1) is 0 Å². The first kappa shape index (κ1) is 18.7. The smallest absolute Gasteiger partial charge is 0.276 e. The van der Waals surface area contributed by atoms with Gasteiger partial charge in [-0.1, -0.05) is 0 Å². The summed E-state index contributed by atoms with van der Waals surface area (Å²) in [7, 11) is 0.995. The van der Waals surface area contributed by atoms with Crippen LogP contribution in [0.15, 0.2) is 6.33 Å². The summed E-state index contributed by atoms with van der Waals surface area (Å²) in [6, 6.07) is -0.115. The molecule has 10 nitrogen and oxygen atoms in total. The summed E-state index contributed by atoms with van der Waals surface area (Å²) in [6.07, 6.45) is 2.81. The third kappa shape index (κ3) is 3.06. The number of anilines is 1. The van der Waals surface area contributed by atoms with Crippen molar-refractivity contribution in [2.24, 2.45) is 5.14 Å². The second-order valence-corrected chi connectivity index (χ2v) is 7.90. The van der Waals surface area contributed by atoms with Crippen LogP contribution in [0.5, 0.6) is 11.6 Å². The predicted molar refractivity (Wildman–Crippen MR) is 96.9 cm³/mol. The summed E-state index contributed by atoms with van der Waals surface area (Å²) in [5.74, 6) is 1.92. The van der Waals surface area contributed by atoms with E-state index in [0.717, 1.165) is 16.9 Å². The molecule has 0 aliphatic carbocycles. The average Bonchev–Trinajstić information content (AvgIpc) is 2.91.